The highest BCUT2D eigenvalue weighted by Gasteiger charge is 2.05. The van der Waals surface area contributed by atoms with Gasteiger partial charge in [0.1, 0.15) is 0 Å². The average molecular weight is 262 g/mol. The molecule has 0 saturated carbocycles. The molecule has 0 bridgehead atoms. The molecule has 1 unspecified atom stereocenters. The zero-order chi connectivity index (χ0) is 13.5. The Morgan fingerprint density at radius 3 is 3.11 bits per heavy atom. The van der Waals surface area contributed by atoms with Gasteiger partial charge in [0.05, 0.1) is 19.8 Å². The second kappa shape index (κ2) is 6.86. The maximum atomic E-state index is 9.84. The Kier molecular flexibility index (Phi) is 4.88. The van der Waals surface area contributed by atoms with Crippen LogP contribution < -0.4 is 10.1 Å². The van der Waals surface area contributed by atoms with Gasteiger partial charge in [0.15, 0.2) is 0 Å². The normalized spacial score (nSPS) is 12.3. The Labute approximate surface area is 112 Å². The van der Waals surface area contributed by atoms with Gasteiger partial charge in [-0.15, -0.1) is 0 Å². The van der Waals surface area contributed by atoms with Crippen LogP contribution in [-0.2, 0) is 13.1 Å². The van der Waals surface area contributed by atoms with Crippen molar-refractivity contribution in [1.29, 1.82) is 0 Å². The van der Waals surface area contributed by atoms with Gasteiger partial charge in [0.2, 0.25) is 5.88 Å². The van der Waals surface area contributed by atoms with Crippen LogP contribution in [0.25, 0.3) is 0 Å². The van der Waals surface area contributed by atoms with Crippen molar-refractivity contribution in [2.75, 3.05) is 13.7 Å². The van der Waals surface area contributed by atoms with Crippen molar-refractivity contribution in [2.45, 2.75) is 19.2 Å². The first-order valence-electron chi connectivity index (χ1n) is 6.13. The summed E-state index contributed by atoms with van der Waals surface area (Å²) in [5.41, 5.74) is 1.07. The van der Waals surface area contributed by atoms with Gasteiger partial charge in [-0.05, 0) is 17.7 Å². The van der Waals surface area contributed by atoms with E-state index in [1.54, 1.807) is 24.2 Å². The van der Waals surface area contributed by atoms with Crippen LogP contribution in [0.2, 0.25) is 0 Å². The second-order valence-corrected chi connectivity index (χ2v) is 4.22. The van der Waals surface area contributed by atoms with E-state index in [1.165, 1.54) is 0 Å². The molecule has 6 heteroatoms. The number of aliphatic hydroxyl groups is 1. The molecule has 19 heavy (non-hydrogen) atoms. The first-order chi connectivity index (χ1) is 9.28. The Morgan fingerprint density at radius 2 is 2.37 bits per heavy atom. The lowest BCUT2D eigenvalue weighted by atomic mass is 10.2. The van der Waals surface area contributed by atoms with Crippen LogP contribution in [0.5, 0.6) is 5.88 Å². The molecule has 2 aromatic heterocycles. The number of aliphatic hydroxyl groups excluding tert-OH is 1. The van der Waals surface area contributed by atoms with E-state index >= 15 is 0 Å². The number of hydrogen-bond donors (Lipinski definition) is 2. The molecule has 0 aliphatic heterocycles. The van der Waals surface area contributed by atoms with E-state index in [1.807, 2.05) is 24.4 Å². The molecule has 6 nitrogen and oxygen atoms in total. The maximum Gasteiger partial charge on any atom is 0.213 e. The van der Waals surface area contributed by atoms with E-state index < -0.39 is 6.10 Å². The molecular weight excluding hydrogens is 244 g/mol. The van der Waals surface area contributed by atoms with Crippen molar-refractivity contribution in [3.63, 3.8) is 0 Å². The number of hydrogen-bond acceptors (Lipinski definition) is 5. The summed E-state index contributed by atoms with van der Waals surface area (Å²) >= 11 is 0. The summed E-state index contributed by atoms with van der Waals surface area (Å²) in [7, 11) is 1.59. The minimum absolute atomic E-state index is 0.469. The zero-order valence-corrected chi connectivity index (χ0v) is 10.9. The van der Waals surface area contributed by atoms with Crippen LogP contribution >= 0.6 is 0 Å². The van der Waals surface area contributed by atoms with E-state index in [-0.39, 0.29) is 0 Å². The van der Waals surface area contributed by atoms with Crippen LogP contribution in [0, 0.1) is 0 Å². The van der Waals surface area contributed by atoms with Crippen LogP contribution in [-0.4, -0.2) is 39.6 Å². The maximum absolute atomic E-state index is 9.84. The molecule has 0 amide bonds. The van der Waals surface area contributed by atoms with Crippen LogP contribution in [0.1, 0.15) is 5.56 Å². The molecule has 0 aromatic carbocycles. The largest absolute Gasteiger partial charge is 0.481 e. The Morgan fingerprint density at radius 1 is 1.47 bits per heavy atom. The summed E-state index contributed by atoms with van der Waals surface area (Å²) in [4.78, 5) is 4.04. The number of aromatic nitrogens is 3. The highest BCUT2D eigenvalue weighted by Crippen LogP contribution is 2.07. The van der Waals surface area contributed by atoms with Gasteiger partial charge in [-0.3, -0.25) is 4.68 Å². The third kappa shape index (κ3) is 4.35. The van der Waals surface area contributed by atoms with Crippen molar-refractivity contribution >= 4 is 0 Å². The van der Waals surface area contributed by atoms with Gasteiger partial charge in [-0.1, -0.05) is 0 Å². The Balaban J connectivity index is 1.73. The van der Waals surface area contributed by atoms with Crippen molar-refractivity contribution in [3.8, 4) is 5.88 Å². The summed E-state index contributed by atoms with van der Waals surface area (Å²) in [6, 6.07) is 5.62. The minimum Gasteiger partial charge on any atom is -0.481 e. The molecule has 2 heterocycles. The van der Waals surface area contributed by atoms with E-state index in [0.717, 1.165) is 5.56 Å². The molecule has 0 aliphatic rings. The third-order valence-electron chi connectivity index (χ3n) is 2.67. The minimum atomic E-state index is -0.469. The predicted molar refractivity (Wildman–Crippen MR) is 70.7 cm³/mol. The van der Waals surface area contributed by atoms with Gasteiger partial charge in [-0.25, -0.2) is 4.98 Å². The van der Waals surface area contributed by atoms with Gasteiger partial charge in [-0.2, -0.15) is 5.10 Å². The smallest absolute Gasteiger partial charge is 0.213 e. The molecule has 0 radical (unpaired) electrons. The standard InChI is InChI=1S/C13H18N4O2/c1-19-13-7-11(3-5-15-13)8-14-9-12(18)10-17-6-2-4-16-17/h2-7,12,14,18H,8-10H2,1H3. The molecule has 2 rings (SSSR count). The summed E-state index contributed by atoms with van der Waals surface area (Å²) < 4.78 is 6.76. The molecule has 0 fully saturated rings. The lowest BCUT2D eigenvalue weighted by molar-refractivity contribution is 0.146. The number of nitrogens with zero attached hydrogens (tertiary/aromatic N) is 3. The van der Waals surface area contributed by atoms with Gasteiger partial charge in [0.25, 0.3) is 0 Å². The predicted octanol–water partition coefficient (Wildman–Crippen LogP) is 0.437. The van der Waals surface area contributed by atoms with Crippen LogP contribution in [0.4, 0.5) is 0 Å². The molecule has 2 aromatic rings. The zero-order valence-electron chi connectivity index (χ0n) is 10.9. The number of ether oxygens (including phenoxy) is 1. The molecule has 102 valence electrons. The number of nitrogens with one attached hydrogen (secondary N) is 1. The highest BCUT2D eigenvalue weighted by molar-refractivity contribution is 5.20. The quantitative estimate of drug-likeness (QED) is 0.757. The second-order valence-electron chi connectivity index (χ2n) is 4.22. The first kappa shape index (κ1) is 13.5. The topological polar surface area (TPSA) is 72.2 Å². The average Bonchev–Trinajstić information content (AvgIpc) is 2.92. The highest BCUT2D eigenvalue weighted by atomic mass is 16.5. The lowest BCUT2D eigenvalue weighted by Crippen LogP contribution is -2.30. The van der Waals surface area contributed by atoms with Gasteiger partial charge < -0.3 is 15.2 Å². The van der Waals surface area contributed by atoms with E-state index in [0.29, 0.717) is 25.5 Å². The van der Waals surface area contributed by atoms with E-state index in [9.17, 15) is 5.11 Å². The van der Waals surface area contributed by atoms with Crippen molar-refractivity contribution < 1.29 is 9.84 Å². The Hall–Kier alpha value is -1.92. The molecular formula is C13H18N4O2. The van der Waals surface area contributed by atoms with E-state index in [4.69, 9.17) is 4.74 Å². The van der Waals surface area contributed by atoms with Gasteiger partial charge in [0, 0.05) is 37.7 Å². The number of pyridine rings is 1. The number of methoxy groups -OCH3 is 1. The SMILES string of the molecule is COc1cc(CNCC(O)Cn2cccn2)ccn1. The summed E-state index contributed by atoms with van der Waals surface area (Å²) in [6.45, 7) is 1.65. The van der Waals surface area contributed by atoms with Crippen molar-refractivity contribution in [3.05, 3.63) is 42.4 Å². The summed E-state index contributed by atoms with van der Waals surface area (Å²) in [5, 5.41) is 17.1. The monoisotopic (exact) mass is 262 g/mol. The molecule has 1 atom stereocenters. The lowest BCUT2D eigenvalue weighted by Gasteiger charge is -2.12. The molecule has 0 aliphatic carbocycles. The number of rotatable bonds is 7. The third-order valence-corrected chi connectivity index (χ3v) is 2.67. The molecule has 0 saturated heterocycles. The summed E-state index contributed by atoms with van der Waals surface area (Å²) in [5.74, 6) is 0.594. The van der Waals surface area contributed by atoms with Crippen molar-refractivity contribution in [1.82, 2.24) is 20.1 Å². The summed E-state index contributed by atoms with van der Waals surface area (Å²) in [6.07, 6.45) is 4.76. The Bertz CT molecular complexity index is 487. The van der Waals surface area contributed by atoms with E-state index in [2.05, 4.69) is 15.4 Å². The first-order valence-corrected chi connectivity index (χ1v) is 6.13. The van der Waals surface area contributed by atoms with Crippen molar-refractivity contribution in [2.24, 2.45) is 0 Å². The molecule has 2 N–H and O–H groups in total. The molecule has 0 spiro atoms. The van der Waals surface area contributed by atoms with Crippen LogP contribution in [0.3, 0.4) is 0 Å². The van der Waals surface area contributed by atoms with Gasteiger partial charge >= 0.3 is 0 Å². The fourth-order valence-corrected chi connectivity index (χ4v) is 1.74. The fraction of sp³-hybridized carbons (Fsp3) is 0.385. The van der Waals surface area contributed by atoms with Crippen LogP contribution in [0.15, 0.2) is 36.8 Å². The fourth-order valence-electron chi connectivity index (χ4n) is 1.74.